The van der Waals surface area contributed by atoms with Gasteiger partial charge in [-0.05, 0) is 38.0 Å². The van der Waals surface area contributed by atoms with E-state index in [1.165, 1.54) is 0 Å². The van der Waals surface area contributed by atoms with Crippen LogP contribution in [0.4, 0.5) is 5.69 Å². The van der Waals surface area contributed by atoms with Gasteiger partial charge in [0.05, 0.1) is 12.2 Å². The highest BCUT2D eigenvalue weighted by atomic mass is 16.5. The molecular weight excluding hydrogens is 252 g/mol. The maximum atomic E-state index is 12.4. The third-order valence-electron chi connectivity index (χ3n) is 3.52. The third-order valence-corrected chi connectivity index (χ3v) is 3.52. The number of rotatable bonds is 4. The Hall–Kier alpha value is -1.55. The second-order valence-corrected chi connectivity index (χ2v) is 5.95. The summed E-state index contributed by atoms with van der Waals surface area (Å²) < 4.78 is 6.00. The predicted molar refractivity (Wildman–Crippen MR) is 80.9 cm³/mol. The van der Waals surface area contributed by atoms with E-state index >= 15 is 0 Å². The van der Waals surface area contributed by atoms with Gasteiger partial charge in [0.15, 0.2) is 0 Å². The average molecular weight is 276 g/mol. The van der Waals surface area contributed by atoms with Crippen LogP contribution in [0, 0.1) is 0 Å². The van der Waals surface area contributed by atoms with Gasteiger partial charge in [-0.3, -0.25) is 4.79 Å². The molecule has 1 amide bonds. The Morgan fingerprint density at radius 1 is 1.45 bits per heavy atom. The summed E-state index contributed by atoms with van der Waals surface area (Å²) in [6, 6.07) is 5.84. The summed E-state index contributed by atoms with van der Waals surface area (Å²) in [6.07, 6.45) is 2.54. The highest BCUT2D eigenvalue weighted by Gasteiger charge is 2.34. The monoisotopic (exact) mass is 276 g/mol. The van der Waals surface area contributed by atoms with Crippen molar-refractivity contribution in [2.75, 3.05) is 11.4 Å². The van der Waals surface area contributed by atoms with E-state index < -0.39 is 0 Å². The molecule has 0 atom stereocenters. The number of fused-ring (bicyclic) bond motifs is 1. The SMILES string of the molecule is CCCCC(=O)N1CC(C)(C)Oc2cc(CN)ccc21. The van der Waals surface area contributed by atoms with E-state index in [9.17, 15) is 4.79 Å². The molecule has 2 rings (SSSR count). The zero-order valence-electron chi connectivity index (χ0n) is 12.6. The van der Waals surface area contributed by atoms with Crippen LogP contribution in [-0.4, -0.2) is 18.1 Å². The van der Waals surface area contributed by atoms with E-state index in [0.29, 0.717) is 19.5 Å². The number of hydrogen-bond donors (Lipinski definition) is 1. The number of anilines is 1. The molecule has 0 radical (unpaired) electrons. The second-order valence-electron chi connectivity index (χ2n) is 5.95. The molecule has 1 aliphatic heterocycles. The van der Waals surface area contributed by atoms with Crippen molar-refractivity contribution in [3.8, 4) is 5.75 Å². The maximum Gasteiger partial charge on any atom is 0.227 e. The fraction of sp³-hybridized carbons (Fsp3) is 0.562. The first kappa shape index (κ1) is 14.9. The highest BCUT2D eigenvalue weighted by Crippen LogP contribution is 2.38. The summed E-state index contributed by atoms with van der Waals surface area (Å²) >= 11 is 0. The Morgan fingerprint density at radius 3 is 2.85 bits per heavy atom. The number of unbranched alkanes of at least 4 members (excludes halogenated alkanes) is 1. The molecule has 1 aliphatic rings. The van der Waals surface area contributed by atoms with E-state index in [2.05, 4.69) is 6.92 Å². The fourth-order valence-corrected chi connectivity index (χ4v) is 2.47. The van der Waals surface area contributed by atoms with Gasteiger partial charge in [0.1, 0.15) is 11.4 Å². The van der Waals surface area contributed by atoms with E-state index in [1.807, 2.05) is 36.9 Å². The number of nitrogens with zero attached hydrogens (tertiary/aromatic N) is 1. The smallest absolute Gasteiger partial charge is 0.227 e. The fourth-order valence-electron chi connectivity index (χ4n) is 2.47. The Kier molecular flexibility index (Phi) is 4.33. The molecule has 0 aliphatic carbocycles. The lowest BCUT2D eigenvalue weighted by molar-refractivity contribution is -0.119. The predicted octanol–water partition coefficient (Wildman–Crippen LogP) is 2.84. The lowest BCUT2D eigenvalue weighted by Crippen LogP contribution is -2.49. The summed E-state index contributed by atoms with van der Waals surface area (Å²) in [5, 5.41) is 0. The van der Waals surface area contributed by atoms with Crippen LogP contribution in [-0.2, 0) is 11.3 Å². The van der Waals surface area contributed by atoms with Gasteiger partial charge in [-0.1, -0.05) is 19.4 Å². The first-order chi connectivity index (χ1) is 9.46. The largest absolute Gasteiger partial charge is 0.484 e. The van der Waals surface area contributed by atoms with Crippen LogP contribution in [0.2, 0.25) is 0 Å². The van der Waals surface area contributed by atoms with Crippen molar-refractivity contribution in [3.05, 3.63) is 23.8 Å². The number of carbonyl (C=O) groups is 1. The van der Waals surface area contributed by atoms with Crippen LogP contribution in [0.3, 0.4) is 0 Å². The van der Waals surface area contributed by atoms with Crippen molar-refractivity contribution in [1.82, 2.24) is 0 Å². The van der Waals surface area contributed by atoms with Gasteiger partial charge in [-0.2, -0.15) is 0 Å². The molecule has 4 nitrogen and oxygen atoms in total. The molecule has 0 aromatic heterocycles. The zero-order valence-corrected chi connectivity index (χ0v) is 12.6. The molecule has 0 fully saturated rings. The number of carbonyl (C=O) groups excluding carboxylic acids is 1. The highest BCUT2D eigenvalue weighted by molar-refractivity contribution is 5.95. The molecule has 0 bridgehead atoms. The molecular formula is C16H24N2O2. The minimum absolute atomic E-state index is 0.171. The van der Waals surface area contributed by atoms with E-state index in [1.54, 1.807) is 0 Å². The molecule has 4 heteroatoms. The molecule has 0 spiro atoms. The summed E-state index contributed by atoms with van der Waals surface area (Å²) in [4.78, 5) is 14.3. The lowest BCUT2D eigenvalue weighted by Gasteiger charge is -2.40. The van der Waals surface area contributed by atoms with Gasteiger partial charge >= 0.3 is 0 Å². The first-order valence-corrected chi connectivity index (χ1v) is 7.29. The van der Waals surface area contributed by atoms with Crippen LogP contribution in [0.15, 0.2) is 18.2 Å². The Morgan fingerprint density at radius 2 is 2.20 bits per heavy atom. The van der Waals surface area contributed by atoms with E-state index in [0.717, 1.165) is 29.8 Å². The number of benzene rings is 1. The van der Waals surface area contributed by atoms with Gasteiger partial charge in [0, 0.05) is 13.0 Å². The zero-order chi connectivity index (χ0) is 14.8. The van der Waals surface area contributed by atoms with Crippen molar-refractivity contribution >= 4 is 11.6 Å². The third kappa shape index (κ3) is 3.12. The molecule has 20 heavy (non-hydrogen) atoms. The standard InChI is InChI=1S/C16H24N2O2/c1-4-5-6-15(19)18-11-16(2,3)20-14-9-12(10-17)7-8-13(14)18/h7-9H,4-6,10-11,17H2,1-3H3. The number of nitrogens with two attached hydrogens (primary N) is 1. The molecule has 1 heterocycles. The topological polar surface area (TPSA) is 55.6 Å². The van der Waals surface area contributed by atoms with Crippen LogP contribution in [0.25, 0.3) is 0 Å². The van der Waals surface area contributed by atoms with Gasteiger partial charge in [-0.15, -0.1) is 0 Å². The second kappa shape index (κ2) is 5.83. The van der Waals surface area contributed by atoms with E-state index in [4.69, 9.17) is 10.5 Å². The van der Waals surface area contributed by atoms with E-state index in [-0.39, 0.29) is 11.5 Å². The van der Waals surface area contributed by atoms with Crippen LogP contribution in [0.5, 0.6) is 5.75 Å². The van der Waals surface area contributed by atoms with Crippen molar-refractivity contribution in [2.24, 2.45) is 5.73 Å². The van der Waals surface area contributed by atoms with Gasteiger partial charge in [0.25, 0.3) is 0 Å². The maximum absolute atomic E-state index is 12.4. The van der Waals surface area contributed by atoms with Gasteiger partial charge in [0.2, 0.25) is 5.91 Å². The normalized spacial score (nSPS) is 16.5. The molecule has 0 saturated heterocycles. The minimum Gasteiger partial charge on any atom is -0.484 e. The van der Waals surface area contributed by atoms with Crippen molar-refractivity contribution in [3.63, 3.8) is 0 Å². The average Bonchev–Trinajstić information content (AvgIpc) is 2.42. The Labute approximate surface area is 120 Å². The number of ether oxygens (including phenoxy) is 1. The summed E-state index contributed by atoms with van der Waals surface area (Å²) in [7, 11) is 0. The lowest BCUT2D eigenvalue weighted by atomic mass is 10.0. The molecule has 0 unspecified atom stereocenters. The molecule has 2 N–H and O–H groups in total. The van der Waals surface area contributed by atoms with Crippen molar-refractivity contribution in [1.29, 1.82) is 0 Å². The number of amides is 1. The van der Waals surface area contributed by atoms with Crippen LogP contribution in [0.1, 0.15) is 45.6 Å². The van der Waals surface area contributed by atoms with Crippen LogP contribution >= 0.6 is 0 Å². The first-order valence-electron chi connectivity index (χ1n) is 7.29. The molecule has 1 aromatic rings. The number of hydrogen-bond acceptors (Lipinski definition) is 3. The molecule has 1 aromatic carbocycles. The summed E-state index contributed by atoms with van der Waals surface area (Å²) in [5.74, 6) is 0.930. The van der Waals surface area contributed by atoms with Crippen molar-refractivity contribution in [2.45, 2.75) is 52.2 Å². The Bertz CT molecular complexity index is 497. The summed E-state index contributed by atoms with van der Waals surface area (Å²) in [5.41, 5.74) is 7.18. The summed E-state index contributed by atoms with van der Waals surface area (Å²) in [6.45, 7) is 7.17. The molecule has 0 saturated carbocycles. The van der Waals surface area contributed by atoms with Gasteiger partial charge in [-0.25, -0.2) is 0 Å². The molecule has 110 valence electrons. The minimum atomic E-state index is -0.373. The van der Waals surface area contributed by atoms with Gasteiger partial charge < -0.3 is 15.4 Å². The quantitative estimate of drug-likeness (QED) is 0.920. The Balaban J connectivity index is 2.32. The van der Waals surface area contributed by atoms with Crippen LogP contribution < -0.4 is 15.4 Å². The van der Waals surface area contributed by atoms with Crippen molar-refractivity contribution < 1.29 is 9.53 Å².